The lowest BCUT2D eigenvalue weighted by atomic mass is 10.2. The first kappa shape index (κ1) is 11.5. The van der Waals surface area contributed by atoms with Gasteiger partial charge in [0.1, 0.15) is 18.0 Å². The van der Waals surface area contributed by atoms with E-state index in [1.807, 2.05) is 30.3 Å². The Morgan fingerprint density at radius 1 is 1.32 bits per heavy atom. The van der Waals surface area contributed by atoms with Crippen molar-refractivity contribution in [3.8, 4) is 0 Å². The van der Waals surface area contributed by atoms with E-state index in [0.717, 1.165) is 11.0 Å². The molecule has 5 nitrogen and oxygen atoms in total. The molecule has 0 N–H and O–H groups in total. The Labute approximate surface area is 108 Å². The first-order chi connectivity index (χ1) is 9.22. The summed E-state index contributed by atoms with van der Waals surface area (Å²) in [6.07, 6.45) is 0. The van der Waals surface area contributed by atoms with Crippen molar-refractivity contribution in [2.45, 2.75) is 13.5 Å². The smallest absolute Gasteiger partial charge is 0.377 e. The van der Waals surface area contributed by atoms with E-state index in [4.69, 9.17) is 13.7 Å². The second kappa shape index (κ2) is 4.61. The van der Waals surface area contributed by atoms with Crippen LogP contribution in [0.3, 0.4) is 0 Å². The number of carbonyl (C=O) groups is 1. The number of aryl methyl sites for hydroxylation is 1. The molecule has 0 aliphatic heterocycles. The molecule has 0 amide bonds. The van der Waals surface area contributed by atoms with Crippen molar-refractivity contribution < 1.29 is 18.5 Å². The number of hydrogen-bond acceptors (Lipinski definition) is 5. The third-order valence-electron chi connectivity index (χ3n) is 2.65. The van der Waals surface area contributed by atoms with E-state index < -0.39 is 5.97 Å². The Balaban J connectivity index is 1.70. The van der Waals surface area contributed by atoms with Crippen LogP contribution >= 0.6 is 0 Å². The minimum atomic E-state index is -0.555. The standard InChI is InChI=1S/C14H11NO4/c1-9-6-13(19-15-9)14(16)17-8-11-7-10-4-2-3-5-12(10)18-11/h2-7H,8H2,1H3. The highest BCUT2D eigenvalue weighted by Crippen LogP contribution is 2.19. The predicted molar refractivity (Wildman–Crippen MR) is 66.6 cm³/mol. The Morgan fingerprint density at radius 2 is 2.16 bits per heavy atom. The first-order valence-electron chi connectivity index (χ1n) is 5.80. The van der Waals surface area contributed by atoms with Crippen molar-refractivity contribution in [2.75, 3.05) is 0 Å². The van der Waals surface area contributed by atoms with E-state index in [-0.39, 0.29) is 12.4 Å². The number of hydrogen-bond donors (Lipinski definition) is 0. The summed E-state index contributed by atoms with van der Waals surface area (Å²) in [5.41, 5.74) is 1.40. The number of para-hydroxylation sites is 1. The molecular formula is C14H11NO4. The summed E-state index contributed by atoms with van der Waals surface area (Å²) in [7, 11) is 0. The molecule has 0 saturated heterocycles. The van der Waals surface area contributed by atoms with Gasteiger partial charge in [0.05, 0.1) is 5.69 Å². The van der Waals surface area contributed by atoms with E-state index in [1.54, 1.807) is 6.92 Å². The summed E-state index contributed by atoms with van der Waals surface area (Å²) in [5, 5.41) is 4.60. The molecule has 3 aromatic rings. The minimum absolute atomic E-state index is 0.0628. The summed E-state index contributed by atoms with van der Waals surface area (Å²) in [4.78, 5) is 11.6. The summed E-state index contributed by atoms with van der Waals surface area (Å²) in [6.45, 7) is 1.80. The summed E-state index contributed by atoms with van der Waals surface area (Å²) < 4.78 is 15.4. The van der Waals surface area contributed by atoms with E-state index in [1.165, 1.54) is 6.07 Å². The molecule has 0 spiro atoms. The van der Waals surface area contributed by atoms with Crippen molar-refractivity contribution in [1.29, 1.82) is 0 Å². The first-order valence-corrected chi connectivity index (χ1v) is 5.80. The van der Waals surface area contributed by atoms with Gasteiger partial charge in [-0.1, -0.05) is 23.4 Å². The fraction of sp³-hybridized carbons (Fsp3) is 0.143. The predicted octanol–water partition coefficient (Wildman–Crippen LogP) is 3.09. The Hall–Kier alpha value is -2.56. The van der Waals surface area contributed by atoms with Crippen molar-refractivity contribution in [1.82, 2.24) is 5.16 Å². The molecule has 19 heavy (non-hydrogen) atoms. The lowest BCUT2D eigenvalue weighted by molar-refractivity contribution is 0.0401. The number of fused-ring (bicyclic) bond motifs is 1. The van der Waals surface area contributed by atoms with Crippen LogP contribution in [0, 0.1) is 6.92 Å². The third kappa shape index (κ3) is 2.35. The van der Waals surface area contributed by atoms with Gasteiger partial charge in [-0.15, -0.1) is 0 Å². The number of nitrogens with zero attached hydrogens (tertiary/aromatic N) is 1. The van der Waals surface area contributed by atoms with Crippen LogP contribution in [0.25, 0.3) is 11.0 Å². The molecule has 0 aliphatic rings. The van der Waals surface area contributed by atoms with Crippen LogP contribution in [0.1, 0.15) is 22.0 Å². The molecule has 0 bridgehead atoms. The van der Waals surface area contributed by atoms with Crippen molar-refractivity contribution in [3.63, 3.8) is 0 Å². The molecule has 5 heteroatoms. The fourth-order valence-electron chi connectivity index (χ4n) is 1.78. The van der Waals surface area contributed by atoms with Gasteiger partial charge in [0.15, 0.2) is 0 Å². The molecule has 0 fully saturated rings. The van der Waals surface area contributed by atoms with Crippen LogP contribution in [-0.4, -0.2) is 11.1 Å². The molecule has 3 rings (SSSR count). The lowest BCUT2D eigenvalue weighted by Crippen LogP contribution is -2.03. The van der Waals surface area contributed by atoms with Gasteiger partial charge >= 0.3 is 5.97 Å². The largest absolute Gasteiger partial charge is 0.457 e. The molecule has 0 saturated carbocycles. The van der Waals surface area contributed by atoms with Crippen molar-refractivity contribution in [3.05, 3.63) is 53.6 Å². The van der Waals surface area contributed by atoms with Gasteiger partial charge in [-0.3, -0.25) is 0 Å². The quantitative estimate of drug-likeness (QED) is 0.674. The van der Waals surface area contributed by atoms with Crippen LogP contribution in [0.15, 0.2) is 45.3 Å². The Bertz CT molecular complexity index is 693. The average molecular weight is 257 g/mol. The molecular weight excluding hydrogens is 246 g/mol. The zero-order chi connectivity index (χ0) is 13.2. The van der Waals surface area contributed by atoms with E-state index in [9.17, 15) is 4.79 Å². The topological polar surface area (TPSA) is 65.5 Å². The molecule has 1 aromatic carbocycles. The van der Waals surface area contributed by atoms with Crippen molar-refractivity contribution >= 4 is 16.9 Å². The third-order valence-corrected chi connectivity index (χ3v) is 2.65. The van der Waals surface area contributed by atoms with Crippen LogP contribution in [0.5, 0.6) is 0 Å². The van der Waals surface area contributed by atoms with Crippen LogP contribution in [-0.2, 0) is 11.3 Å². The highest BCUT2D eigenvalue weighted by Gasteiger charge is 2.14. The normalized spacial score (nSPS) is 10.8. The number of ether oxygens (including phenoxy) is 1. The number of esters is 1. The van der Waals surface area contributed by atoms with Crippen LogP contribution in [0.2, 0.25) is 0 Å². The number of carbonyl (C=O) groups excluding carboxylic acids is 1. The summed E-state index contributed by atoms with van der Waals surface area (Å²) in [5.74, 6) is 0.125. The Kier molecular flexibility index (Phi) is 2.79. The minimum Gasteiger partial charge on any atom is -0.457 e. The lowest BCUT2D eigenvalue weighted by Gasteiger charge is -1.98. The second-order valence-corrected chi connectivity index (χ2v) is 4.16. The molecule has 2 aromatic heterocycles. The maximum Gasteiger partial charge on any atom is 0.377 e. The van der Waals surface area contributed by atoms with Gasteiger partial charge in [0.2, 0.25) is 5.76 Å². The molecule has 0 unspecified atom stereocenters. The number of furan rings is 1. The highest BCUT2D eigenvalue weighted by molar-refractivity contribution is 5.86. The maximum atomic E-state index is 11.6. The molecule has 0 radical (unpaired) electrons. The van der Waals surface area contributed by atoms with Crippen LogP contribution < -0.4 is 0 Å². The highest BCUT2D eigenvalue weighted by atomic mass is 16.6. The number of rotatable bonds is 3. The number of benzene rings is 1. The average Bonchev–Trinajstić information content (AvgIpc) is 3.01. The van der Waals surface area contributed by atoms with Gasteiger partial charge in [-0.2, -0.15) is 0 Å². The van der Waals surface area contributed by atoms with Gasteiger partial charge in [-0.05, 0) is 19.1 Å². The van der Waals surface area contributed by atoms with E-state index in [0.29, 0.717) is 11.5 Å². The van der Waals surface area contributed by atoms with Gasteiger partial charge in [0, 0.05) is 11.5 Å². The van der Waals surface area contributed by atoms with Crippen LogP contribution in [0.4, 0.5) is 0 Å². The molecule has 0 atom stereocenters. The van der Waals surface area contributed by atoms with Gasteiger partial charge in [-0.25, -0.2) is 4.79 Å². The van der Waals surface area contributed by atoms with Gasteiger partial charge < -0.3 is 13.7 Å². The van der Waals surface area contributed by atoms with Crippen molar-refractivity contribution in [2.24, 2.45) is 0 Å². The molecule has 0 aliphatic carbocycles. The SMILES string of the molecule is Cc1cc(C(=O)OCc2cc3ccccc3o2)on1. The Morgan fingerprint density at radius 3 is 2.89 bits per heavy atom. The zero-order valence-electron chi connectivity index (χ0n) is 10.3. The number of aromatic nitrogens is 1. The second-order valence-electron chi connectivity index (χ2n) is 4.16. The van der Waals surface area contributed by atoms with E-state index in [2.05, 4.69) is 5.16 Å². The maximum absolute atomic E-state index is 11.6. The molecule has 2 heterocycles. The summed E-state index contributed by atoms with van der Waals surface area (Å²) >= 11 is 0. The monoisotopic (exact) mass is 257 g/mol. The molecule has 96 valence electrons. The fourth-order valence-corrected chi connectivity index (χ4v) is 1.78. The van der Waals surface area contributed by atoms with E-state index >= 15 is 0 Å². The zero-order valence-corrected chi connectivity index (χ0v) is 10.3. The summed E-state index contributed by atoms with van der Waals surface area (Å²) in [6, 6.07) is 11.0. The van der Waals surface area contributed by atoms with Gasteiger partial charge in [0.25, 0.3) is 0 Å².